The fourth-order valence-corrected chi connectivity index (χ4v) is 6.68. The molecule has 0 aromatic heterocycles. The van der Waals surface area contributed by atoms with Gasteiger partial charge in [-0.15, -0.1) is 0 Å². The van der Waals surface area contributed by atoms with E-state index in [0.717, 1.165) is 6.92 Å². The zero-order valence-corrected chi connectivity index (χ0v) is 30.1. The van der Waals surface area contributed by atoms with Crippen molar-refractivity contribution >= 4 is 11.8 Å². The number of aliphatic hydroxyl groups excluding tert-OH is 4. The van der Waals surface area contributed by atoms with E-state index in [1.807, 2.05) is 0 Å². The van der Waals surface area contributed by atoms with Gasteiger partial charge in [0.1, 0.15) is 23.4 Å². The monoisotopic (exact) mass is 910 g/mol. The Balaban J connectivity index is 0.00000289. The maximum absolute atomic E-state index is 13.9. The molecule has 2 fully saturated rings. The molecule has 0 aromatic carbocycles. The van der Waals surface area contributed by atoms with E-state index in [9.17, 15) is 40.2 Å². The van der Waals surface area contributed by atoms with Gasteiger partial charge in [-0.1, -0.05) is 27.7 Å². The molecule has 188 valence electrons. The normalized spacial score (nSPS) is 45.7. The van der Waals surface area contributed by atoms with Gasteiger partial charge in [0, 0.05) is 118 Å². The van der Waals surface area contributed by atoms with E-state index in [4.69, 9.17) is 4.74 Å². The standard InChI is InChI=1S/C23H36O9.2Ac/c1-10-7-14(27)22(30,9-24)17-19(32-12(3)25)23(31)8-13(26)11(2)15(20(23,4)5)16(28)18(29)21(10,17)6;;/h10,13-14,16-17,19,24,26-28,30-31H,7-9H2,1-6H3;;/t10?,13-,14-,16+,17?,19-,21+,22-,23+;;/m0../s1. The van der Waals surface area contributed by atoms with Crippen LogP contribution in [0.15, 0.2) is 11.1 Å². The summed E-state index contributed by atoms with van der Waals surface area (Å²) in [5.74, 6) is -3.57. The number of aliphatic hydroxyl groups is 6. The molecule has 0 saturated heterocycles. The minimum absolute atomic E-state index is 0. The molecule has 0 aliphatic heterocycles. The number of hydrogen-bond donors (Lipinski definition) is 6. The van der Waals surface area contributed by atoms with E-state index < -0.39 is 76.6 Å². The van der Waals surface area contributed by atoms with Crippen LogP contribution in [0.1, 0.15) is 54.4 Å². The maximum Gasteiger partial charge on any atom is 0.303 e. The molecule has 34 heavy (non-hydrogen) atoms. The van der Waals surface area contributed by atoms with Gasteiger partial charge in [-0.2, -0.15) is 0 Å². The summed E-state index contributed by atoms with van der Waals surface area (Å²) in [4.78, 5) is 26.1. The quantitative estimate of drug-likeness (QED) is 0.158. The molecule has 0 amide bonds. The molecule has 9 nitrogen and oxygen atoms in total. The Bertz CT molecular complexity index is 861. The molecule has 3 aliphatic rings. The van der Waals surface area contributed by atoms with Gasteiger partial charge < -0.3 is 35.4 Å². The summed E-state index contributed by atoms with van der Waals surface area (Å²) in [6, 6.07) is 0. The molecule has 0 heterocycles. The Morgan fingerprint density at radius 2 is 1.65 bits per heavy atom. The molecular formula is C23H36Ac2O9. The van der Waals surface area contributed by atoms with Crippen molar-refractivity contribution in [2.75, 3.05) is 6.61 Å². The van der Waals surface area contributed by atoms with Crippen LogP contribution in [-0.4, -0.2) is 84.6 Å². The number of rotatable bonds is 2. The molecule has 0 aromatic rings. The fourth-order valence-electron chi connectivity index (χ4n) is 6.68. The summed E-state index contributed by atoms with van der Waals surface area (Å²) < 4.78 is 5.61. The summed E-state index contributed by atoms with van der Waals surface area (Å²) in [5, 5.41) is 66.7. The van der Waals surface area contributed by atoms with Gasteiger partial charge in [-0.25, -0.2) is 0 Å². The van der Waals surface area contributed by atoms with Gasteiger partial charge in [0.2, 0.25) is 0 Å². The van der Waals surface area contributed by atoms with Crippen molar-refractivity contribution in [3.63, 3.8) is 0 Å². The summed E-state index contributed by atoms with van der Waals surface area (Å²) in [7, 11) is 0. The van der Waals surface area contributed by atoms with Crippen LogP contribution in [0.4, 0.5) is 0 Å². The molecule has 3 rings (SSSR count). The number of fused-ring (bicyclic) bond motifs is 3. The number of ketones is 1. The molecule has 2 bridgehead atoms. The second kappa shape index (κ2) is 11.0. The van der Waals surface area contributed by atoms with Crippen LogP contribution >= 0.6 is 0 Å². The third-order valence-electron chi connectivity index (χ3n) is 8.92. The Morgan fingerprint density at radius 3 is 2.12 bits per heavy atom. The van der Waals surface area contributed by atoms with Crippen LogP contribution in [0, 0.1) is 111 Å². The molecule has 9 atom stereocenters. The van der Waals surface area contributed by atoms with E-state index in [-0.39, 0.29) is 107 Å². The molecule has 0 spiro atoms. The zero-order valence-electron chi connectivity index (χ0n) is 20.6. The van der Waals surface area contributed by atoms with Gasteiger partial charge in [0.15, 0.2) is 5.78 Å². The van der Waals surface area contributed by atoms with E-state index in [0.29, 0.717) is 5.57 Å². The first-order chi connectivity index (χ1) is 14.5. The van der Waals surface area contributed by atoms with E-state index in [2.05, 4.69) is 0 Å². The SMILES string of the molecule is CC(=O)O[C@H]1C2[C@](C)(C(=O)[C@H](O)C3=C(C)[C@@H](O)C[C@]1(O)C3(C)C)C(C)C[C@H](O)[C@@]2(O)CO.[Ac].[Ac]. The van der Waals surface area contributed by atoms with Crippen LogP contribution < -0.4 is 0 Å². The molecule has 2 unspecified atom stereocenters. The predicted octanol–water partition coefficient (Wildman–Crippen LogP) is -0.553. The number of Topliss-reactive ketones (excluding diaryl/α,β-unsaturated/α-hetero) is 1. The van der Waals surface area contributed by atoms with E-state index >= 15 is 0 Å². The number of hydrogen-bond acceptors (Lipinski definition) is 9. The van der Waals surface area contributed by atoms with Gasteiger partial charge in [0.05, 0.1) is 18.8 Å². The topological polar surface area (TPSA) is 165 Å². The third-order valence-corrected chi connectivity index (χ3v) is 8.92. The first kappa shape index (κ1) is 33.6. The molecule has 2 saturated carbocycles. The first-order valence-electron chi connectivity index (χ1n) is 11.0. The van der Waals surface area contributed by atoms with E-state index in [1.165, 1.54) is 6.92 Å². The number of esters is 1. The van der Waals surface area contributed by atoms with Crippen molar-refractivity contribution in [3.8, 4) is 0 Å². The summed E-state index contributed by atoms with van der Waals surface area (Å²) in [6.07, 6.45) is -6.38. The largest absolute Gasteiger partial charge is 0.459 e. The summed E-state index contributed by atoms with van der Waals surface area (Å²) in [5.41, 5.74) is -6.82. The number of carbonyl (C=O) groups is 2. The Kier molecular flexibility index (Phi) is 10.8. The van der Waals surface area contributed by atoms with Crippen molar-refractivity contribution in [1.82, 2.24) is 0 Å². The van der Waals surface area contributed by atoms with Crippen molar-refractivity contribution in [2.45, 2.75) is 90.0 Å². The Labute approximate surface area is 271 Å². The first-order valence-corrected chi connectivity index (χ1v) is 11.0. The minimum atomic E-state index is -2.32. The minimum Gasteiger partial charge on any atom is -0.459 e. The van der Waals surface area contributed by atoms with Crippen LogP contribution in [0.25, 0.3) is 0 Å². The molecular weight excluding hydrogens is 874 g/mol. The van der Waals surface area contributed by atoms with E-state index in [1.54, 1.807) is 27.7 Å². The van der Waals surface area contributed by atoms with Crippen molar-refractivity contribution in [1.29, 1.82) is 0 Å². The number of ether oxygens (including phenoxy) is 1. The zero-order chi connectivity index (χ0) is 24.6. The second-order valence-electron chi connectivity index (χ2n) is 10.7. The smallest absolute Gasteiger partial charge is 0.303 e. The average Bonchev–Trinajstić information content (AvgIpc) is 2.68. The van der Waals surface area contributed by atoms with Gasteiger partial charge in [0.25, 0.3) is 0 Å². The van der Waals surface area contributed by atoms with Crippen LogP contribution in [0.2, 0.25) is 0 Å². The predicted molar refractivity (Wildman–Crippen MR) is 112 cm³/mol. The van der Waals surface area contributed by atoms with Crippen molar-refractivity contribution in [2.24, 2.45) is 22.7 Å². The maximum atomic E-state index is 13.9. The number of carbonyl (C=O) groups excluding carboxylic acids is 2. The molecule has 3 aliphatic carbocycles. The van der Waals surface area contributed by atoms with Gasteiger partial charge in [-0.3, -0.25) is 9.59 Å². The fraction of sp³-hybridized carbons (Fsp3) is 0.826. The van der Waals surface area contributed by atoms with Crippen molar-refractivity contribution in [3.05, 3.63) is 11.1 Å². The summed E-state index contributed by atoms with van der Waals surface area (Å²) in [6.45, 7) is 8.06. The van der Waals surface area contributed by atoms with Crippen LogP contribution in [0.3, 0.4) is 0 Å². The second-order valence-corrected chi connectivity index (χ2v) is 10.7. The van der Waals surface area contributed by atoms with Crippen LogP contribution in [-0.2, 0) is 14.3 Å². The van der Waals surface area contributed by atoms with Gasteiger partial charge in [-0.05, 0) is 30.4 Å². The van der Waals surface area contributed by atoms with Gasteiger partial charge >= 0.3 is 5.97 Å². The molecule has 2 radical (unpaired) electrons. The third kappa shape index (κ3) is 4.52. The molecule has 11 heteroatoms. The summed E-state index contributed by atoms with van der Waals surface area (Å²) >= 11 is 0. The molecule has 6 N–H and O–H groups in total. The van der Waals surface area contributed by atoms with Crippen molar-refractivity contribution < 1.29 is 133 Å². The Hall–Kier alpha value is 1.52. The average molecular weight is 911 g/mol. The van der Waals surface area contributed by atoms with Crippen LogP contribution in [0.5, 0.6) is 0 Å². The Morgan fingerprint density at radius 1 is 1.12 bits per heavy atom.